The second-order valence-corrected chi connectivity index (χ2v) is 2.99. The van der Waals surface area contributed by atoms with Crippen LogP contribution in [0.5, 0.6) is 0 Å². The molecule has 0 saturated heterocycles. The van der Waals surface area contributed by atoms with Gasteiger partial charge in [0.05, 0.1) is 0 Å². The van der Waals surface area contributed by atoms with Crippen molar-refractivity contribution in [2.75, 3.05) is 0 Å². The summed E-state index contributed by atoms with van der Waals surface area (Å²) in [5, 5.41) is 16.1. The molecule has 0 heterocycles. The van der Waals surface area contributed by atoms with Gasteiger partial charge in [-0.05, 0) is 12.8 Å². The Labute approximate surface area is 101 Å². The van der Waals surface area contributed by atoms with Gasteiger partial charge in [0.25, 0.3) is 0 Å². The third kappa shape index (κ3) is 31.8. The first-order chi connectivity index (χ1) is 6.54. The monoisotopic (exact) mass is 262 g/mol. The fourth-order valence-corrected chi connectivity index (χ4v) is 0.656. The van der Waals surface area contributed by atoms with Crippen molar-refractivity contribution < 1.29 is 36.3 Å². The standard InChI is InChI=1S/2C5H10O2.Ni/c2*1-2-3-4-5(6)7;/h2*2-4H2,1H3,(H,6,7);. The van der Waals surface area contributed by atoms with Crippen LogP contribution in [0.2, 0.25) is 0 Å². The van der Waals surface area contributed by atoms with E-state index in [0.29, 0.717) is 12.8 Å². The van der Waals surface area contributed by atoms with Crippen molar-refractivity contribution in [1.29, 1.82) is 0 Å². The number of unbranched alkanes of at least 4 members (excludes halogenated alkanes) is 2. The van der Waals surface area contributed by atoms with Crippen LogP contribution >= 0.6 is 0 Å². The van der Waals surface area contributed by atoms with Crippen LogP contribution in [0.4, 0.5) is 0 Å². The molecule has 0 atom stereocenters. The molecule has 0 saturated carbocycles. The summed E-state index contributed by atoms with van der Waals surface area (Å²) in [5.41, 5.74) is 0. The molecule has 0 fully saturated rings. The number of carboxylic acids is 2. The maximum Gasteiger partial charge on any atom is 0.303 e. The molecule has 15 heavy (non-hydrogen) atoms. The van der Waals surface area contributed by atoms with E-state index in [0.717, 1.165) is 25.7 Å². The Morgan fingerprint density at radius 3 is 1.20 bits per heavy atom. The van der Waals surface area contributed by atoms with E-state index in [1.807, 2.05) is 13.8 Å². The molecule has 0 aromatic rings. The first kappa shape index (κ1) is 19.9. The van der Waals surface area contributed by atoms with Gasteiger partial charge in [0.15, 0.2) is 0 Å². The van der Waals surface area contributed by atoms with E-state index in [1.54, 1.807) is 0 Å². The molecule has 0 spiro atoms. The fourth-order valence-electron chi connectivity index (χ4n) is 0.656. The van der Waals surface area contributed by atoms with Crippen molar-refractivity contribution in [3.05, 3.63) is 0 Å². The quantitative estimate of drug-likeness (QED) is 0.722. The molecule has 5 heteroatoms. The summed E-state index contributed by atoms with van der Waals surface area (Å²) < 4.78 is 0. The number of aliphatic carboxylic acids is 2. The van der Waals surface area contributed by atoms with Gasteiger partial charge >= 0.3 is 11.9 Å². The van der Waals surface area contributed by atoms with Crippen molar-refractivity contribution in [1.82, 2.24) is 0 Å². The Morgan fingerprint density at radius 1 is 0.867 bits per heavy atom. The molecule has 4 nitrogen and oxygen atoms in total. The minimum Gasteiger partial charge on any atom is -0.481 e. The smallest absolute Gasteiger partial charge is 0.303 e. The number of hydrogen-bond acceptors (Lipinski definition) is 2. The molecule has 2 N–H and O–H groups in total. The van der Waals surface area contributed by atoms with Crippen molar-refractivity contribution >= 4 is 11.9 Å². The number of hydrogen-bond donors (Lipinski definition) is 2. The summed E-state index contributed by atoms with van der Waals surface area (Å²) in [5.74, 6) is -1.39. The zero-order valence-corrected chi connectivity index (χ0v) is 10.3. The second kappa shape index (κ2) is 15.9. The normalized spacial score (nSPS) is 8.13. The summed E-state index contributed by atoms with van der Waals surface area (Å²) in [6, 6.07) is 0. The molecule has 94 valence electrons. The van der Waals surface area contributed by atoms with Crippen LogP contribution < -0.4 is 0 Å². The molecule has 0 aliphatic heterocycles. The molecule has 0 amide bonds. The maximum atomic E-state index is 9.76. The predicted molar refractivity (Wildman–Crippen MR) is 54.3 cm³/mol. The molecule has 0 aliphatic carbocycles. The van der Waals surface area contributed by atoms with E-state index in [2.05, 4.69) is 0 Å². The largest absolute Gasteiger partial charge is 0.481 e. The van der Waals surface area contributed by atoms with Gasteiger partial charge in [0.2, 0.25) is 0 Å². The van der Waals surface area contributed by atoms with Crippen LogP contribution in [0.15, 0.2) is 0 Å². The van der Waals surface area contributed by atoms with Gasteiger partial charge in [-0.15, -0.1) is 0 Å². The van der Waals surface area contributed by atoms with Gasteiger partial charge in [-0.3, -0.25) is 9.59 Å². The van der Waals surface area contributed by atoms with Crippen molar-refractivity contribution in [3.8, 4) is 0 Å². The van der Waals surface area contributed by atoms with Crippen molar-refractivity contribution in [2.24, 2.45) is 0 Å². The van der Waals surface area contributed by atoms with Crippen LogP contribution in [-0.2, 0) is 26.1 Å². The fraction of sp³-hybridized carbons (Fsp3) is 0.800. The van der Waals surface area contributed by atoms with Gasteiger partial charge in [0, 0.05) is 29.3 Å². The first-order valence-corrected chi connectivity index (χ1v) is 4.98. The Kier molecular flexibility index (Phi) is 21.1. The van der Waals surface area contributed by atoms with Gasteiger partial charge in [-0.1, -0.05) is 26.7 Å². The SMILES string of the molecule is CCCCC(=O)O.CCCCC(=O)O.[Ni]. The minimum absolute atomic E-state index is 0. The molecule has 0 rings (SSSR count). The summed E-state index contributed by atoms with van der Waals surface area (Å²) in [6.45, 7) is 3.95. The number of carboxylic acid groups (broad SMARTS) is 2. The van der Waals surface area contributed by atoms with Gasteiger partial charge in [0.1, 0.15) is 0 Å². The Bertz CT molecular complexity index is 142. The third-order valence-corrected chi connectivity index (χ3v) is 1.49. The van der Waals surface area contributed by atoms with E-state index >= 15 is 0 Å². The summed E-state index contributed by atoms with van der Waals surface area (Å²) in [6.07, 6.45) is 4.16. The van der Waals surface area contributed by atoms with Gasteiger partial charge < -0.3 is 10.2 Å². The van der Waals surface area contributed by atoms with E-state index < -0.39 is 11.9 Å². The van der Waals surface area contributed by atoms with Gasteiger partial charge in [-0.2, -0.15) is 0 Å². The zero-order chi connectivity index (χ0) is 11.4. The minimum atomic E-state index is -0.693. The summed E-state index contributed by atoms with van der Waals surface area (Å²) >= 11 is 0. The van der Waals surface area contributed by atoms with Gasteiger partial charge in [-0.25, -0.2) is 0 Å². The first-order valence-electron chi connectivity index (χ1n) is 4.98. The molecule has 0 unspecified atom stereocenters. The molecule has 0 aliphatic rings. The number of carbonyl (C=O) groups is 2. The maximum absolute atomic E-state index is 9.76. The van der Waals surface area contributed by atoms with E-state index in [4.69, 9.17) is 10.2 Å². The van der Waals surface area contributed by atoms with E-state index in [9.17, 15) is 9.59 Å². The molecular weight excluding hydrogens is 243 g/mol. The van der Waals surface area contributed by atoms with E-state index in [1.165, 1.54) is 0 Å². The zero-order valence-electron chi connectivity index (χ0n) is 9.27. The molecular formula is C10H20NiO4. The van der Waals surface area contributed by atoms with Crippen molar-refractivity contribution in [3.63, 3.8) is 0 Å². The average molecular weight is 263 g/mol. The third-order valence-electron chi connectivity index (χ3n) is 1.49. The summed E-state index contributed by atoms with van der Waals surface area (Å²) in [7, 11) is 0. The Balaban J connectivity index is -0.000000180. The van der Waals surface area contributed by atoms with Crippen LogP contribution in [-0.4, -0.2) is 22.2 Å². The topological polar surface area (TPSA) is 74.6 Å². The Hall–Kier alpha value is -0.566. The molecule has 0 aromatic heterocycles. The predicted octanol–water partition coefficient (Wildman–Crippen LogP) is 2.52. The van der Waals surface area contributed by atoms with Crippen LogP contribution in [0.25, 0.3) is 0 Å². The van der Waals surface area contributed by atoms with Crippen molar-refractivity contribution in [2.45, 2.75) is 52.4 Å². The van der Waals surface area contributed by atoms with Crippen LogP contribution in [0.3, 0.4) is 0 Å². The van der Waals surface area contributed by atoms with Crippen LogP contribution in [0, 0.1) is 0 Å². The Morgan fingerprint density at radius 2 is 1.13 bits per heavy atom. The van der Waals surface area contributed by atoms with E-state index in [-0.39, 0.29) is 16.5 Å². The second-order valence-electron chi connectivity index (χ2n) is 2.99. The molecule has 0 bridgehead atoms. The molecule has 0 radical (unpaired) electrons. The average Bonchev–Trinajstić information content (AvgIpc) is 2.12. The van der Waals surface area contributed by atoms with Crippen LogP contribution in [0.1, 0.15) is 52.4 Å². The summed E-state index contributed by atoms with van der Waals surface area (Å²) in [4.78, 5) is 19.5. The number of rotatable bonds is 6. The molecule has 0 aromatic carbocycles.